The van der Waals surface area contributed by atoms with Gasteiger partial charge in [-0.1, -0.05) is 23.7 Å². The molecule has 3 rings (SSSR count). The zero-order valence-corrected chi connectivity index (χ0v) is 12.6. The molecule has 1 atom stereocenters. The number of nitrogens with zero attached hydrogens (tertiary/aromatic N) is 2. The maximum atomic E-state index is 6.07. The summed E-state index contributed by atoms with van der Waals surface area (Å²) < 4.78 is 5.61. The summed E-state index contributed by atoms with van der Waals surface area (Å²) >= 11 is 6.07. The molecule has 1 radical (unpaired) electrons. The summed E-state index contributed by atoms with van der Waals surface area (Å²) in [4.78, 5) is 6.71. The number of aromatic nitrogens is 1. The van der Waals surface area contributed by atoms with E-state index in [1.807, 2.05) is 36.7 Å². The van der Waals surface area contributed by atoms with Crippen molar-refractivity contribution in [3.8, 4) is 11.1 Å². The number of hydrogen-bond acceptors (Lipinski definition) is 3. The van der Waals surface area contributed by atoms with Crippen molar-refractivity contribution in [3.05, 3.63) is 60.2 Å². The third-order valence-corrected chi connectivity index (χ3v) is 4.06. The molecule has 0 saturated carbocycles. The highest BCUT2D eigenvalue weighted by Gasteiger charge is 2.23. The molecule has 3 nitrogen and oxygen atoms in total. The van der Waals surface area contributed by atoms with E-state index in [9.17, 15) is 0 Å². The van der Waals surface area contributed by atoms with Crippen molar-refractivity contribution in [2.45, 2.75) is 6.04 Å². The van der Waals surface area contributed by atoms with E-state index < -0.39 is 0 Å². The SMILES string of the molecule is [CH2]CN1CCOCC1c1cncc(-c2cccc(Cl)c2)c1. The van der Waals surface area contributed by atoms with Crippen LogP contribution < -0.4 is 0 Å². The van der Waals surface area contributed by atoms with Crippen molar-refractivity contribution in [1.82, 2.24) is 9.88 Å². The van der Waals surface area contributed by atoms with Crippen molar-refractivity contribution in [2.24, 2.45) is 0 Å². The summed E-state index contributed by atoms with van der Waals surface area (Å²) in [5, 5.41) is 0.735. The lowest BCUT2D eigenvalue weighted by Gasteiger charge is -2.34. The molecule has 1 aromatic carbocycles. The fourth-order valence-electron chi connectivity index (χ4n) is 2.68. The molecule has 1 aromatic heterocycles. The van der Waals surface area contributed by atoms with Gasteiger partial charge in [-0.3, -0.25) is 9.88 Å². The van der Waals surface area contributed by atoms with Crippen molar-refractivity contribution in [3.63, 3.8) is 0 Å². The van der Waals surface area contributed by atoms with Gasteiger partial charge in [-0.05, 0) is 42.8 Å². The van der Waals surface area contributed by atoms with Crippen molar-refractivity contribution >= 4 is 11.6 Å². The predicted octanol–water partition coefficient (Wildman–Crippen LogP) is 3.61. The average Bonchev–Trinajstić information content (AvgIpc) is 2.55. The molecule has 0 amide bonds. The first kappa shape index (κ1) is 14.5. The minimum Gasteiger partial charge on any atom is -0.378 e. The molecule has 1 saturated heterocycles. The largest absolute Gasteiger partial charge is 0.378 e. The van der Waals surface area contributed by atoms with E-state index in [0.29, 0.717) is 6.61 Å². The second kappa shape index (κ2) is 6.56. The molecule has 0 bridgehead atoms. The van der Waals surface area contributed by atoms with Crippen LogP contribution in [0.2, 0.25) is 5.02 Å². The Kier molecular flexibility index (Phi) is 4.54. The van der Waals surface area contributed by atoms with E-state index in [-0.39, 0.29) is 6.04 Å². The van der Waals surface area contributed by atoms with Crippen molar-refractivity contribution < 1.29 is 4.74 Å². The van der Waals surface area contributed by atoms with Crippen LogP contribution in [-0.4, -0.2) is 36.2 Å². The fourth-order valence-corrected chi connectivity index (χ4v) is 2.87. The fraction of sp³-hybridized carbons (Fsp3) is 0.294. The molecule has 0 N–H and O–H groups in total. The number of rotatable bonds is 3. The topological polar surface area (TPSA) is 25.4 Å². The Hall–Kier alpha value is -1.42. The lowest BCUT2D eigenvalue weighted by Crippen LogP contribution is -2.39. The van der Waals surface area contributed by atoms with E-state index in [1.165, 1.54) is 0 Å². The van der Waals surface area contributed by atoms with Gasteiger partial charge >= 0.3 is 0 Å². The normalized spacial score (nSPS) is 19.6. The summed E-state index contributed by atoms with van der Waals surface area (Å²) in [7, 11) is 0. The van der Waals surface area contributed by atoms with Crippen molar-refractivity contribution in [1.29, 1.82) is 0 Å². The molecule has 0 aliphatic carbocycles. The van der Waals surface area contributed by atoms with Crippen LogP contribution in [0.15, 0.2) is 42.7 Å². The van der Waals surface area contributed by atoms with Crippen LogP contribution >= 0.6 is 11.6 Å². The van der Waals surface area contributed by atoms with Crippen LogP contribution in [0, 0.1) is 6.92 Å². The number of halogens is 1. The molecule has 1 aliphatic heterocycles. The van der Waals surface area contributed by atoms with Gasteiger partial charge in [0, 0.05) is 29.5 Å². The summed E-state index contributed by atoms with van der Waals surface area (Å²) in [5.41, 5.74) is 3.31. The molecule has 1 fully saturated rings. The molecule has 4 heteroatoms. The highest BCUT2D eigenvalue weighted by molar-refractivity contribution is 6.30. The molecule has 1 unspecified atom stereocenters. The van der Waals surface area contributed by atoms with Crippen LogP contribution in [0.4, 0.5) is 0 Å². The number of ether oxygens (including phenoxy) is 1. The second-order valence-corrected chi connectivity index (χ2v) is 5.58. The Balaban J connectivity index is 1.92. The van der Waals surface area contributed by atoms with E-state index in [0.717, 1.165) is 41.4 Å². The Bertz CT molecular complexity index is 617. The highest BCUT2D eigenvalue weighted by atomic mass is 35.5. The smallest absolute Gasteiger partial charge is 0.0664 e. The van der Waals surface area contributed by atoms with E-state index in [4.69, 9.17) is 16.3 Å². The maximum Gasteiger partial charge on any atom is 0.0664 e. The average molecular weight is 302 g/mol. The molecular formula is C17H18ClN2O. The summed E-state index contributed by atoms with van der Waals surface area (Å²) in [5.74, 6) is 0. The monoisotopic (exact) mass is 301 g/mol. The van der Waals surface area contributed by atoms with Gasteiger partial charge < -0.3 is 4.74 Å². The van der Waals surface area contributed by atoms with Gasteiger partial charge in [-0.15, -0.1) is 0 Å². The number of pyridine rings is 1. The van der Waals surface area contributed by atoms with Crippen LogP contribution in [0.25, 0.3) is 11.1 Å². The van der Waals surface area contributed by atoms with E-state index >= 15 is 0 Å². The van der Waals surface area contributed by atoms with Gasteiger partial charge in [-0.2, -0.15) is 0 Å². The minimum absolute atomic E-state index is 0.225. The van der Waals surface area contributed by atoms with Crippen LogP contribution in [0.1, 0.15) is 11.6 Å². The molecular weight excluding hydrogens is 284 g/mol. The Morgan fingerprint density at radius 3 is 3.00 bits per heavy atom. The highest BCUT2D eigenvalue weighted by Crippen LogP contribution is 2.28. The Morgan fingerprint density at radius 1 is 1.29 bits per heavy atom. The summed E-state index contributed by atoms with van der Waals surface area (Å²) in [6.07, 6.45) is 3.78. The molecule has 0 spiro atoms. The number of benzene rings is 1. The van der Waals surface area contributed by atoms with Gasteiger partial charge in [-0.25, -0.2) is 0 Å². The van der Waals surface area contributed by atoms with Crippen LogP contribution in [-0.2, 0) is 4.74 Å². The predicted molar refractivity (Wildman–Crippen MR) is 85.2 cm³/mol. The Labute approximate surface area is 130 Å². The number of hydrogen-bond donors (Lipinski definition) is 0. The first-order valence-electron chi connectivity index (χ1n) is 7.10. The maximum absolute atomic E-state index is 6.07. The second-order valence-electron chi connectivity index (χ2n) is 5.14. The summed E-state index contributed by atoms with van der Waals surface area (Å²) in [6, 6.07) is 10.2. The molecule has 2 aromatic rings. The molecule has 109 valence electrons. The molecule has 21 heavy (non-hydrogen) atoms. The standard InChI is InChI=1S/C17H18ClN2O/c1-2-20-6-7-21-12-17(20)15-8-14(10-19-11-15)13-4-3-5-16(18)9-13/h3-5,8-11,17H,1-2,6-7,12H2. The number of morpholine rings is 1. The van der Waals surface area contributed by atoms with Crippen LogP contribution in [0.3, 0.4) is 0 Å². The van der Waals surface area contributed by atoms with Crippen LogP contribution in [0.5, 0.6) is 0 Å². The van der Waals surface area contributed by atoms with Gasteiger partial charge in [0.25, 0.3) is 0 Å². The van der Waals surface area contributed by atoms with Gasteiger partial charge in [0.2, 0.25) is 0 Å². The van der Waals surface area contributed by atoms with Gasteiger partial charge in [0.1, 0.15) is 0 Å². The van der Waals surface area contributed by atoms with Gasteiger partial charge in [0.05, 0.1) is 19.3 Å². The lowest BCUT2D eigenvalue weighted by atomic mass is 10.0. The third-order valence-electron chi connectivity index (χ3n) is 3.83. The van der Waals surface area contributed by atoms with Crippen molar-refractivity contribution in [2.75, 3.05) is 26.3 Å². The van der Waals surface area contributed by atoms with E-state index in [1.54, 1.807) is 0 Å². The first-order chi connectivity index (χ1) is 10.3. The molecule has 2 heterocycles. The minimum atomic E-state index is 0.225. The summed E-state index contributed by atoms with van der Waals surface area (Å²) in [6.45, 7) is 7.16. The quantitative estimate of drug-likeness (QED) is 0.866. The molecule has 1 aliphatic rings. The van der Waals surface area contributed by atoms with E-state index in [2.05, 4.69) is 22.9 Å². The first-order valence-corrected chi connectivity index (χ1v) is 7.47. The lowest BCUT2D eigenvalue weighted by molar-refractivity contribution is -0.00300. The zero-order valence-electron chi connectivity index (χ0n) is 11.8. The Morgan fingerprint density at radius 2 is 2.19 bits per heavy atom. The zero-order chi connectivity index (χ0) is 14.7. The van der Waals surface area contributed by atoms with Gasteiger partial charge in [0.15, 0.2) is 0 Å². The third kappa shape index (κ3) is 3.26.